The lowest BCUT2D eigenvalue weighted by Crippen LogP contribution is -2.24. The number of esters is 2. The average molecular weight is 425 g/mol. The Morgan fingerprint density at radius 1 is 1.17 bits per heavy atom. The second-order valence-electron chi connectivity index (χ2n) is 8.04. The van der Waals surface area contributed by atoms with E-state index >= 15 is 0 Å². The minimum atomic E-state index is -0.601. The molecule has 172 valence electrons. The van der Waals surface area contributed by atoms with Crippen molar-refractivity contribution in [2.45, 2.75) is 96.9 Å². The van der Waals surface area contributed by atoms with Crippen molar-refractivity contribution in [2.75, 3.05) is 6.61 Å². The molecule has 2 N–H and O–H groups in total. The maximum atomic E-state index is 11.5. The minimum absolute atomic E-state index is 0.0377. The Kier molecular flexibility index (Phi) is 13.4. The lowest BCUT2D eigenvalue weighted by Gasteiger charge is -2.22. The number of hydrogen-bond acceptors (Lipinski definition) is 6. The zero-order valence-corrected chi connectivity index (χ0v) is 18.8. The van der Waals surface area contributed by atoms with Crippen molar-refractivity contribution in [3.05, 3.63) is 24.3 Å². The van der Waals surface area contributed by atoms with Crippen LogP contribution in [0.4, 0.5) is 0 Å². The van der Waals surface area contributed by atoms with Gasteiger partial charge in [0.1, 0.15) is 6.10 Å². The fourth-order valence-corrected chi connectivity index (χ4v) is 3.96. The summed E-state index contributed by atoms with van der Waals surface area (Å²) in [5, 5.41) is 20.7. The van der Waals surface area contributed by atoms with E-state index in [-0.39, 0.29) is 29.9 Å². The number of aliphatic hydroxyl groups is 2. The first-order chi connectivity index (χ1) is 14.4. The number of aliphatic hydroxyl groups excluding tert-OH is 2. The van der Waals surface area contributed by atoms with Crippen LogP contribution in [0, 0.1) is 11.8 Å². The van der Waals surface area contributed by atoms with Crippen LogP contribution >= 0.6 is 0 Å². The van der Waals surface area contributed by atoms with E-state index in [4.69, 9.17) is 9.47 Å². The fraction of sp³-hybridized carbons (Fsp3) is 0.750. The van der Waals surface area contributed by atoms with Gasteiger partial charge in [-0.2, -0.15) is 0 Å². The number of carbonyl (C=O) groups excluding carboxylic acids is 2. The van der Waals surface area contributed by atoms with Gasteiger partial charge in [0.25, 0.3) is 0 Å². The van der Waals surface area contributed by atoms with E-state index in [0.717, 1.165) is 32.1 Å². The van der Waals surface area contributed by atoms with Gasteiger partial charge in [0.15, 0.2) is 0 Å². The van der Waals surface area contributed by atoms with Crippen molar-refractivity contribution in [3.8, 4) is 0 Å². The van der Waals surface area contributed by atoms with Gasteiger partial charge in [-0.3, -0.25) is 9.59 Å². The van der Waals surface area contributed by atoms with Gasteiger partial charge in [-0.05, 0) is 32.6 Å². The van der Waals surface area contributed by atoms with Crippen molar-refractivity contribution in [1.29, 1.82) is 0 Å². The predicted octanol–water partition coefficient (Wildman–Crippen LogP) is 4.09. The topological polar surface area (TPSA) is 93.1 Å². The molecular formula is C24H40O6. The molecule has 30 heavy (non-hydrogen) atoms. The second kappa shape index (κ2) is 15.2. The summed E-state index contributed by atoms with van der Waals surface area (Å²) in [4.78, 5) is 22.8. The van der Waals surface area contributed by atoms with Gasteiger partial charge in [0, 0.05) is 31.6 Å². The Balaban J connectivity index is 2.63. The quantitative estimate of drug-likeness (QED) is 0.248. The highest BCUT2D eigenvalue weighted by atomic mass is 16.5. The molecule has 0 saturated heterocycles. The number of unbranched alkanes of at least 4 members (excludes halogenated alkanes) is 3. The van der Waals surface area contributed by atoms with Crippen LogP contribution in [0.25, 0.3) is 0 Å². The molecule has 0 aliphatic heterocycles. The summed E-state index contributed by atoms with van der Waals surface area (Å²) >= 11 is 0. The molecular weight excluding hydrogens is 384 g/mol. The van der Waals surface area contributed by atoms with E-state index in [1.54, 1.807) is 13.0 Å². The van der Waals surface area contributed by atoms with Crippen molar-refractivity contribution < 1.29 is 29.3 Å². The van der Waals surface area contributed by atoms with E-state index in [1.807, 2.05) is 18.2 Å². The standard InChI is InChI=1S/C24H40O6/c1-4-6-9-12-19(26)15-16-20-21(23(17-22(20)27)30-18(3)25)13-10-7-8-11-14-24(28)29-5-2/h7,10,15-16,19-23,26-27H,4-6,8-9,11-14,17H2,1-3H3/b10-7-,16-15+/t19-,20-,21+,22-,23+/m0/s1. The van der Waals surface area contributed by atoms with Gasteiger partial charge < -0.3 is 19.7 Å². The highest BCUT2D eigenvalue weighted by molar-refractivity contribution is 5.69. The molecule has 1 aliphatic rings. The van der Waals surface area contributed by atoms with Crippen LogP contribution in [0.2, 0.25) is 0 Å². The van der Waals surface area contributed by atoms with E-state index in [0.29, 0.717) is 32.3 Å². The predicted molar refractivity (Wildman–Crippen MR) is 117 cm³/mol. The molecule has 0 bridgehead atoms. The lowest BCUT2D eigenvalue weighted by molar-refractivity contribution is -0.148. The molecule has 0 radical (unpaired) electrons. The molecule has 0 heterocycles. The summed E-state index contributed by atoms with van der Waals surface area (Å²) in [6.45, 7) is 5.71. The van der Waals surface area contributed by atoms with Crippen LogP contribution in [0.1, 0.15) is 78.6 Å². The number of allylic oxidation sites excluding steroid dienone is 2. The monoisotopic (exact) mass is 424 g/mol. The fourth-order valence-electron chi connectivity index (χ4n) is 3.96. The third kappa shape index (κ3) is 10.4. The van der Waals surface area contributed by atoms with Gasteiger partial charge in [-0.25, -0.2) is 0 Å². The molecule has 5 atom stereocenters. The third-order valence-corrected chi connectivity index (χ3v) is 5.50. The van der Waals surface area contributed by atoms with Crippen molar-refractivity contribution in [3.63, 3.8) is 0 Å². The Labute approximate surface area is 181 Å². The molecule has 1 fully saturated rings. The molecule has 1 saturated carbocycles. The summed E-state index contributed by atoms with van der Waals surface area (Å²) in [5.41, 5.74) is 0. The Morgan fingerprint density at radius 3 is 2.60 bits per heavy atom. The smallest absolute Gasteiger partial charge is 0.305 e. The van der Waals surface area contributed by atoms with Crippen LogP contribution in [-0.2, 0) is 19.1 Å². The van der Waals surface area contributed by atoms with E-state index < -0.39 is 12.2 Å². The number of ether oxygens (including phenoxy) is 2. The second-order valence-corrected chi connectivity index (χ2v) is 8.04. The van der Waals surface area contributed by atoms with E-state index in [1.165, 1.54) is 6.92 Å². The largest absolute Gasteiger partial charge is 0.466 e. The molecule has 0 amide bonds. The first kappa shape index (κ1) is 26.4. The van der Waals surface area contributed by atoms with Gasteiger partial charge in [-0.15, -0.1) is 0 Å². The lowest BCUT2D eigenvalue weighted by atomic mass is 9.89. The number of carbonyl (C=O) groups is 2. The SMILES string of the molecule is CCCCC[C@H](O)/C=C/[C@H]1[C@@H](C/C=C\CCCC(=O)OCC)[C@H](OC(C)=O)C[C@@H]1O. The van der Waals surface area contributed by atoms with Crippen LogP contribution in [0.5, 0.6) is 0 Å². The van der Waals surface area contributed by atoms with Gasteiger partial charge in [0.05, 0.1) is 18.8 Å². The molecule has 0 aromatic carbocycles. The Hall–Kier alpha value is -1.66. The summed E-state index contributed by atoms with van der Waals surface area (Å²) in [5.74, 6) is -0.731. The first-order valence-corrected chi connectivity index (χ1v) is 11.4. The molecule has 6 heteroatoms. The summed E-state index contributed by atoms with van der Waals surface area (Å²) in [7, 11) is 0. The molecule has 6 nitrogen and oxygen atoms in total. The van der Waals surface area contributed by atoms with Crippen molar-refractivity contribution in [2.24, 2.45) is 11.8 Å². The van der Waals surface area contributed by atoms with Crippen molar-refractivity contribution >= 4 is 11.9 Å². The third-order valence-electron chi connectivity index (χ3n) is 5.50. The van der Waals surface area contributed by atoms with Gasteiger partial charge >= 0.3 is 11.9 Å². The van der Waals surface area contributed by atoms with Gasteiger partial charge in [0.2, 0.25) is 0 Å². The minimum Gasteiger partial charge on any atom is -0.466 e. The zero-order chi connectivity index (χ0) is 22.4. The summed E-state index contributed by atoms with van der Waals surface area (Å²) in [6.07, 6.45) is 13.1. The number of hydrogen-bond donors (Lipinski definition) is 2. The van der Waals surface area contributed by atoms with Crippen LogP contribution in [-0.4, -0.2) is 47.1 Å². The van der Waals surface area contributed by atoms with Crippen LogP contribution in [0.3, 0.4) is 0 Å². The Morgan fingerprint density at radius 2 is 1.93 bits per heavy atom. The summed E-state index contributed by atoms with van der Waals surface area (Å²) in [6, 6.07) is 0. The van der Waals surface area contributed by atoms with Crippen LogP contribution < -0.4 is 0 Å². The highest BCUT2D eigenvalue weighted by Crippen LogP contribution is 2.38. The average Bonchev–Trinajstić information content (AvgIpc) is 2.96. The Bertz CT molecular complexity index is 556. The molecule has 0 aromatic rings. The molecule has 0 aromatic heterocycles. The van der Waals surface area contributed by atoms with Crippen molar-refractivity contribution in [1.82, 2.24) is 0 Å². The van der Waals surface area contributed by atoms with Gasteiger partial charge in [-0.1, -0.05) is 50.5 Å². The molecule has 1 aliphatic carbocycles. The van der Waals surface area contributed by atoms with E-state index in [2.05, 4.69) is 6.92 Å². The van der Waals surface area contributed by atoms with E-state index in [9.17, 15) is 19.8 Å². The number of rotatable bonds is 14. The maximum Gasteiger partial charge on any atom is 0.305 e. The summed E-state index contributed by atoms with van der Waals surface area (Å²) < 4.78 is 10.4. The maximum absolute atomic E-state index is 11.5. The molecule has 1 rings (SSSR count). The zero-order valence-electron chi connectivity index (χ0n) is 18.8. The normalized spacial score (nSPS) is 25.1. The highest BCUT2D eigenvalue weighted by Gasteiger charge is 2.42. The molecule has 0 unspecified atom stereocenters. The van der Waals surface area contributed by atoms with Crippen LogP contribution in [0.15, 0.2) is 24.3 Å². The molecule has 0 spiro atoms. The first-order valence-electron chi connectivity index (χ1n) is 11.4.